The molecule has 3 rings (SSSR count). The van der Waals surface area contributed by atoms with Crippen molar-refractivity contribution in [1.82, 2.24) is 19.5 Å². The maximum absolute atomic E-state index is 8.06. The number of hydrogen-bond acceptors (Lipinski definition) is 6. The molecular formula is C17H17N7. The molecule has 0 bridgehead atoms. The third-order valence-electron chi connectivity index (χ3n) is 3.74. The van der Waals surface area contributed by atoms with Crippen molar-refractivity contribution in [2.24, 2.45) is 0 Å². The summed E-state index contributed by atoms with van der Waals surface area (Å²) in [4.78, 5) is 12.2. The van der Waals surface area contributed by atoms with Gasteiger partial charge in [0, 0.05) is 12.1 Å². The Labute approximate surface area is 139 Å². The fourth-order valence-corrected chi connectivity index (χ4v) is 2.59. The summed E-state index contributed by atoms with van der Waals surface area (Å²) < 4.78 is 2.14. The van der Waals surface area contributed by atoms with E-state index in [9.17, 15) is 0 Å². The maximum Gasteiger partial charge on any atom is 0.139 e. The molecule has 0 spiro atoms. The minimum absolute atomic E-state index is 0.0130. The lowest BCUT2D eigenvalue weighted by Gasteiger charge is -2.03. The smallest absolute Gasteiger partial charge is 0.139 e. The lowest BCUT2D eigenvalue weighted by Crippen LogP contribution is -2.09. The third kappa shape index (κ3) is 2.65. The average Bonchev–Trinajstić information content (AvgIpc) is 2.86. The van der Waals surface area contributed by atoms with Crippen LogP contribution in [0.15, 0.2) is 24.5 Å². The van der Waals surface area contributed by atoms with Crippen molar-refractivity contribution in [3.05, 3.63) is 41.5 Å². The van der Waals surface area contributed by atoms with Gasteiger partial charge in [0.15, 0.2) is 0 Å². The van der Waals surface area contributed by atoms with Crippen molar-refractivity contribution in [2.45, 2.75) is 20.4 Å². The molecule has 0 aliphatic rings. The first-order valence-corrected chi connectivity index (χ1v) is 7.45. The summed E-state index contributed by atoms with van der Waals surface area (Å²) >= 11 is 0. The number of nitrogens with one attached hydrogen (secondary N) is 1. The van der Waals surface area contributed by atoms with E-state index >= 15 is 0 Å². The molecule has 120 valence electrons. The van der Waals surface area contributed by atoms with Gasteiger partial charge in [0.05, 0.1) is 16.6 Å². The second-order valence-corrected chi connectivity index (χ2v) is 5.25. The molecule has 0 radical (unpaired) electrons. The summed E-state index contributed by atoms with van der Waals surface area (Å²) in [5, 5.41) is 8.06. The first kappa shape index (κ1) is 15.5. The molecule has 3 aromatic rings. The van der Waals surface area contributed by atoms with Crippen LogP contribution in [0.3, 0.4) is 0 Å². The van der Waals surface area contributed by atoms with Crippen molar-refractivity contribution in [1.29, 1.82) is 5.41 Å². The highest BCUT2D eigenvalue weighted by Gasteiger charge is 2.10. The maximum atomic E-state index is 8.06. The molecular weight excluding hydrogens is 302 g/mol. The van der Waals surface area contributed by atoms with Crippen LogP contribution < -0.4 is 11.5 Å². The van der Waals surface area contributed by atoms with E-state index in [0.29, 0.717) is 0 Å². The minimum atomic E-state index is -0.0130. The van der Waals surface area contributed by atoms with Gasteiger partial charge in [0.25, 0.3) is 0 Å². The summed E-state index contributed by atoms with van der Waals surface area (Å²) in [6.07, 6.45) is 1.26. The van der Waals surface area contributed by atoms with Gasteiger partial charge in [0.2, 0.25) is 0 Å². The average molecular weight is 319 g/mol. The van der Waals surface area contributed by atoms with E-state index in [1.165, 1.54) is 6.33 Å². The number of nitrogen functional groups attached to an aromatic ring is 2. The third-order valence-corrected chi connectivity index (χ3v) is 3.74. The molecule has 0 saturated heterocycles. The van der Waals surface area contributed by atoms with Crippen molar-refractivity contribution < 1.29 is 0 Å². The van der Waals surface area contributed by atoms with Gasteiger partial charge < -0.3 is 16.0 Å². The number of anilines is 2. The fourth-order valence-electron chi connectivity index (χ4n) is 2.59. The zero-order chi connectivity index (χ0) is 17.3. The van der Waals surface area contributed by atoms with Crippen LogP contribution in [-0.2, 0) is 6.54 Å². The van der Waals surface area contributed by atoms with E-state index in [4.69, 9.17) is 16.9 Å². The molecule has 2 heterocycles. The molecule has 0 fully saturated rings. The summed E-state index contributed by atoms with van der Waals surface area (Å²) in [7, 11) is 0. The van der Waals surface area contributed by atoms with Gasteiger partial charge in [-0.1, -0.05) is 5.92 Å². The second-order valence-electron chi connectivity index (χ2n) is 5.25. The van der Waals surface area contributed by atoms with Crippen LogP contribution in [0.1, 0.15) is 23.9 Å². The standard InChI is InChI=1S/C17H17N7/c1-3-24-10(2)23-13-8-11(5-7-14(13)24)4-6-12(18)15-16(19)21-9-22-17(15)20/h5,7-9,18H,3H2,1-2H3,(H4,19,20,21,22). The molecule has 0 amide bonds. The highest BCUT2D eigenvalue weighted by molar-refractivity contribution is 6.16. The van der Waals surface area contributed by atoms with Crippen LogP contribution in [0.4, 0.5) is 11.6 Å². The number of benzene rings is 1. The van der Waals surface area contributed by atoms with Crippen LogP contribution >= 0.6 is 0 Å². The Balaban J connectivity index is 1.96. The minimum Gasteiger partial charge on any atom is -0.383 e. The van der Waals surface area contributed by atoms with Gasteiger partial charge in [-0.25, -0.2) is 15.0 Å². The molecule has 2 aromatic heterocycles. The Hall–Kier alpha value is -3.40. The van der Waals surface area contributed by atoms with E-state index in [0.717, 1.165) is 29.0 Å². The number of aryl methyl sites for hydroxylation is 2. The van der Waals surface area contributed by atoms with Gasteiger partial charge in [-0.2, -0.15) is 0 Å². The number of imidazole rings is 1. The lowest BCUT2D eigenvalue weighted by atomic mass is 10.1. The Kier molecular flexibility index (Phi) is 3.88. The number of aromatic nitrogens is 4. The van der Waals surface area contributed by atoms with Gasteiger partial charge >= 0.3 is 0 Å². The molecule has 0 atom stereocenters. The Morgan fingerprint density at radius 2 is 1.96 bits per heavy atom. The zero-order valence-corrected chi connectivity index (χ0v) is 13.5. The first-order valence-electron chi connectivity index (χ1n) is 7.45. The number of nitrogens with zero attached hydrogens (tertiary/aromatic N) is 4. The summed E-state index contributed by atoms with van der Waals surface area (Å²) in [6, 6.07) is 5.80. The highest BCUT2D eigenvalue weighted by atomic mass is 15.1. The Bertz CT molecular complexity index is 985. The van der Waals surface area contributed by atoms with Crippen LogP contribution in [0.25, 0.3) is 11.0 Å². The van der Waals surface area contributed by atoms with Crippen LogP contribution in [-0.4, -0.2) is 25.2 Å². The normalized spacial score (nSPS) is 10.4. The summed E-state index contributed by atoms with van der Waals surface area (Å²) in [6.45, 7) is 4.93. The second kappa shape index (κ2) is 6.01. The van der Waals surface area contributed by atoms with Gasteiger partial charge in [0.1, 0.15) is 29.5 Å². The largest absolute Gasteiger partial charge is 0.383 e. The van der Waals surface area contributed by atoms with Gasteiger partial charge in [-0.3, -0.25) is 5.41 Å². The summed E-state index contributed by atoms with van der Waals surface area (Å²) in [5.74, 6) is 6.96. The van der Waals surface area contributed by atoms with Crippen LogP contribution in [0, 0.1) is 24.2 Å². The summed E-state index contributed by atoms with van der Waals surface area (Å²) in [5.41, 5.74) is 14.5. The van der Waals surface area contributed by atoms with Crippen molar-refractivity contribution >= 4 is 28.4 Å². The van der Waals surface area contributed by atoms with E-state index in [1.54, 1.807) is 0 Å². The van der Waals surface area contributed by atoms with E-state index in [1.807, 2.05) is 25.1 Å². The highest BCUT2D eigenvalue weighted by Crippen LogP contribution is 2.18. The molecule has 0 unspecified atom stereocenters. The van der Waals surface area contributed by atoms with Crippen molar-refractivity contribution in [3.8, 4) is 11.8 Å². The SMILES string of the molecule is CCn1c(C)nc2cc(C#CC(=N)c3c(N)ncnc3N)ccc21. The molecule has 5 N–H and O–H groups in total. The Morgan fingerprint density at radius 3 is 2.62 bits per heavy atom. The van der Waals surface area contributed by atoms with Gasteiger partial charge in [-0.05, 0) is 38.0 Å². The first-order chi connectivity index (χ1) is 11.5. The zero-order valence-electron chi connectivity index (χ0n) is 13.5. The molecule has 7 nitrogen and oxygen atoms in total. The molecule has 0 saturated carbocycles. The molecule has 24 heavy (non-hydrogen) atoms. The number of hydrogen-bond donors (Lipinski definition) is 3. The van der Waals surface area contributed by atoms with Crippen LogP contribution in [0.2, 0.25) is 0 Å². The van der Waals surface area contributed by atoms with E-state index in [-0.39, 0.29) is 22.9 Å². The van der Waals surface area contributed by atoms with Crippen LogP contribution in [0.5, 0.6) is 0 Å². The van der Waals surface area contributed by atoms with Gasteiger partial charge in [-0.15, -0.1) is 0 Å². The quantitative estimate of drug-likeness (QED) is 0.491. The molecule has 1 aromatic carbocycles. The fraction of sp³-hybridized carbons (Fsp3) is 0.176. The van der Waals surface area contributed by atoms with Crippen molar-refractivity contribution in [3.63, 3.8) is 0 Å². The molecule has 0 aliphatic heterocycles. The topological polar surface area (TPSA) is 119 Å². The Morgan fingerprint density at radius 1 is 1.25 bits per heavy atom. The monoisotopic (exact) mass is 319 g/mol. The van der Waals surface area contributed by atoms with E-state index in [2.05, 4.69) is 38.3 Å². The van der Waals surface area contributed by atoms with E-state index < -0.39 is 0 Å². The number of nitrogens with two attached hydrogens (primary N) is 2. The lowest BCUT2D eigenvalue weighted by molar-refractivity contribution is 0.753. The number of rotatable bonds is 2. The molecule has 0 aliphatic carbocycles. The predicted molar refractivity (Wildman–Crippen MR) is 94.7 cm³/mol. The molecule has 7 heteroatoms. The number of fused-ring (bicyclic) bond motifs is 1. The van der Waals surface area contributed by atoms with Crippen molar-refractivity contribution in [2.75, 3.05) is 11.5 Å². The predicted octanol–water partition coefficient (Wildman–Crippen LogP) is 1.74.